The average Bonchev–Trinajstić information content (AvgIpc) is 2.23. The van der Waals surface area contributed by atoms with Crippen molar-refractivity contribution in [3.8, 4) is 0 Å². The fourth-order valence-electron chi connectivity index (χ4n) is 0.754. The highest BCUT2D eigenvalue weighted by molar-refractivity contribution is 5.88. The first-order valence-electron chi connectivity index (χ1n) is 3.93. The molecule has 0 heterocycles. The lowest BCUT2D eigenvalue weighted by molar-refractivity contribution is -0.150. The summed E-state index contributed by atoms with van der Waals surface area (Å²) in [6.45, 7) is -1.70. The summed E-state index contributed by atoms with van der Waals surface area (Å²) in [5.74, 6) is -1.26. The summed E-state index contributed by atoms with van der Waals surface area (Å²) in [6.07, 6.45) is -7.42. The number of hydrogen-bond acceptors (Lipinski definition) is 7. The van der Waals surface area contributed by atoms with Crippen molar-refractivity contribution in [1.29, 1.82) is 0 Å². The molecule has 0 spiro atoms. The normalized spacial score (nSPS) is 19.9. The number of hydrogen-bond donors (Lipinski definition) is 6. The lowest BCUT2D eigenvalue weighted by Gasteiger charge is -2.20. The first-order valence-corrected chi connectivity index (χ1v) is 3.93. The molecule has 0 saturated heterocycles. The van der Waals surface area contributed by atoms with Crippen LogP contribution in [0.3, 0.4) is 0 Å². The summed E-state index contributed by atoms with van der Waals surface area (Å²) < 4.78 is 0. The van der Waals surface area contributed by atoms with E-state index in [1.54, 1.807) is 0 Å². The van der Waals surface area contributed by atoms with Gasteiger partial charge >= 0.3 is 0 Å². The molecule has 84 valence electrons. The quantitative estimate of drug-likeness (QED) is 0.262. The number of aliphatic hydroxyl groups is 6. The van der Waals surface area contributed by atoms with E-state index in [1.807, 2.05) is 0 Å². The molecule has 7 heteroatoms. The molecule has 0 amide bonds. The van der Waals surface area contributed by atoms with Crippen LogP contribution in [0.4, 0.5) is 0 Å². The highest BCUT2D eigenvalue weighted by Gasteiger charge is 2.32. The highest BCUT2D eigenvalue weighted by atomic mass is 16.4. The predicted octanol–water partition coefficient (Wildman–Crippen LogP) is -4.02. The molecule has 6 N–H and O–H groups in total. The number of rotatable bonds is 6. The third-order valence-corrected chi connectivity index (χ3v) is 1.69. The van der Waals surface area contributed by atoms with Crippen LogP contribution in [-0.2, 0) is 4.79 Å². The molecule has 14 heavy (non-hydrogen) atoms. The van der Waals surface area contributed by atoms with Crippen LogP contribution in [0.25, 0.3) is 0 Å². The first kappa shape index (κ1) is 13.4. The minimum absolute atomic E-state index is 0.852. The molecular formula is C7H14O7. The van der Waals surface area contributed by atoms with Crippen LogP contribution in [0, 0.1) is 0 Å². The molecule has 0 saturated carbocycles. The Hall–Kier alpha value is -0.570. The zero-order valence-electron chi connectivity index (χ0n) is 7.32. The molecule has 0 radical (unpaired) electrons. The van der Waals surface area contributed by atoms with Crippen molar-refractivity contribution in [3.05, 3.63) is 0 Å². The predicted molar refractivity (Wildman–Crippen MR) is 43.2 cm³/mol. The number of ketones is 1. The van der Waals surface area contributed by atoms with Crippen molar-refractivity contribution in [1.82, 2.24) is 0 Å². The van der Waals surface area contributed by atoms with E-state index >= 15 is 0 Å². The third kappa shape index (κ3) is 3.29. The molecule has 0 bridgehead atoms. The topological polar surface area (TPSA) is 138 Å². The summed E-state index contributed by atoms with van der Waals surface area (Å²) in [6, 6.07) is 0. The smallest absolute Gasteiger partial charge is 0.195 e. The van der Waals surface area contributed by atoms with Crippen LogP contribution < -0.4 is 0 Å². The Morgan fingerprint density at radius 2 is 1.14 bits per heavy atom. The highest BCUT2D eigenvalue weighted by Crippen LogP contribution is 2.02. The number of carbonyl (C=O) groups is 1. The van der Waals surface area contributed by atoms with Gasteiger partial charge in [0.25, 0.3) is 0 Å². The minimum atomic E-state index is -1.99. The average molecular weight is 210 g/mol. The van der Waals surface area contributed by atoms with E-state index in [1.165, 1.54) is 0 Å². The van der Waals surface area contributed by atoms with Gasteiger partial charge < -0.3 is 30.6 Å². The maximum absolute atomic E-state index is 11.0. The molecule has 0 aliphatic heterocycles. The summed E-state index contributed by atoms with van der Waals surface area (Å²) in [4.78, 5) is 11.0. The maximum Gasteiger partial charge on any atom is 0.195 e. The second kappa shape index (κ2) is 6.02. The van der Waals surface area contributed by atoms with Gasteiger partial charge in [0.1, 0.15) is 24.4 Å². The molecule has 7 nitrogen and oxygen atoms in total. The van der Waals surface area contributed by atoms with E-state index in [4.69, 9.17) is 30.6 Å². The van der Waals surface area contributed by atoms with Crippen molar-refractivity contribution < 1.29 is 35.4 Å². The lowest BCUT2D eigenvalue weighted by Crippen LogP contribution is -2.47. The Morgan fingerprint density at radius 1 is 0.857 bits per heavy atom. The van der Waals surface area contributed by atoms with Gasteiger partial charge in [0.2, 0.25) is 0 Å². The maximum atomic E-state index is 11.0. The molecule has 0 rings (SSSR count). The zero-order chi connectivity index (χ0) is 11.3. The molecule has 4 atom stereocenters. The van der Waals surface area contributed by atoms with Gasteiger partial charge in [-0.15, -0.1) is 0 Å². The van der Waals surface area contributed by atoms with E-state index in [-0.39, 0.29) is 0 Å². The summed E-state index contributed by atoms with van der Waals surface area (Å²) >= 11 is 0. The van der Waals surface area contributed by atoms with Gasteiger partial charge in [0.05, 0.1) is 13.2 Å². The van der Waals surface area contributed by atoms with E-state index in [9.17, 15) is 4.79 Å². The third-order valence-electron chi connectivity index (χ3n) is 1.69. The summed E-state index contributed by atoms with van der Waals surface area (Å²) in [7, 11) is 0. The fraction of sp³-hybridized carbons (Fsp3) is 0.857. The van der Waals surface area contributed by atoms with Crippen molar-refractivity contribution in [2.75, 3.05) is 13.2 Å². The van der Waals surface area contributed by atoms with E-state index in [0.717, 1.165) is 0 Å². The zero-order valence-corrected chi connectivity index (χ0v) is 7.32. The summed E-state index contributed by atoms with van der Waals surface area (Å²) in [5, 5.41) is 52.4. The minimum Gasteiger partial charge on any atom is -0.394 e. The van der Waals surface area contributed by atoms with E-state index in [2.05, 4.69) is 0 Å². The van der Waals surface area contributed by atoms with Gasteiger partial charge in [-0.1, -0.05) is 0 Å². The SMILES string of the molecule is O=C([C@@H](O)C(O)CO)[C@@H](O)[C@H](O)CO. The summed E-state index contributed by atoms with van der Waals surface area (Å²) in [5.41, 5.74) is 0. The molecule has 0 fully saturated rings. The van der Waals surface area contributed by atoms with Gasteiger partial charge in [0.15, 0.2) is 5.78 Å². The van der Waals surface area contributed by atoms with Gasteiger partial charge in [-0.3, -0.25) is 4.79 Å². The Balaban J connectivity index is 4.31. The number of aliphatic hydroxyl groups excluding tert-OH is 6. The van der Waals surface area contributed by atoms with Gasteiger partial charge in [-0.05, 0) is 0 Å². The van der Waals surface area contributed by atoms with Crippen molar-refractivity contribution in [2.24, 2.45) is 0 Å². The Morgan fingerprint density at radius 3 is 1.36 bits per heavy atom. The van der Waals surface area contributed by atoms with Crippen LogP contribution in [-0.4, -0.2) is 74.1 Å². The van der Waals surface area contributed by atoms with E-state index < -0.39 is 43.4 Å². The lowest BCUT2D eigenvalue weighted by atomic mass is 10.0. The molecular weight excluding hydrogens is 196 g/mol. The van der Waals surface area contributed by atoms with E-state index in [0.29, 0.717) is 0 Å². The molecule has 0 aromatic heterocycles. The Kier molecular flexibility index (Phi) is 5.77. The Labute approximate surface area is 79.9 Å². The van der Waals surface area contributed by atoms with Crippen LogP contribution >= 0.6 is 0 Å². The number of Topliss-reactive ketones (excluding diaryl/α,β-unsaturated/α-hetero) is 1. The molecule has 1 unspecified atom stereocenters. The van der Waals surface area contributed by atoms with Crippen LogP contribution in [0.1, 0.15) is 0 Å². The van der Waals surface area contributed by atoms with Crippen molar-refractivity contribution in [3.63, 3.8) is 0 Å². The second-order valence-corrected chi connectivity index (χ2v) is 2.79. The monoisotopic (exact) mass is 210 g/mol. The van der Waals surface area contributed by atoms with Crippen LogP contribution in [0.15, 0.2) is 0 Å². The first-order chi connectivity index (χ1) is 6.45. The molecule has 0 aromatic rings. The second-order valence-electron chi connectivity index (χ2n) is 2.79. The van der Waals surface area contributed by atoms with Crippen LogP contribution in [0.5, 0.6) is 0 Å². The van der Waals surface area contributed by atoms with Gasteiger partial charge in [-0.25, -0.2) is 0 Å². The fourth-order valence-corrected chi connectivity index (χ4v) is 0.754. The molecule has 0 aliphatic carbocycles. The largest absolute Gasteiger partial charge is 0.394 e. The van der Waals surface area contributed by atoms with Gasteiger partial charge in [-0.2, -0.15) is 0 Å². The molecule has 0 aromatic carbocycles. The van der Waals surface area contributed by atoms with Crippen molar-refractivity contribution >= 4 is 5.78 Å². The Bertz CT molecular complexity index is 165. The number of carbonyl (C=O) groups excluding carboxylic acids is 1. The standard InChI is InChI=1S/C7H14O7/c8-1-3(10)5(12)7(14)6(13)4(11)2-9/h3-6,8-13H,1-2H2/t3-,4?,5+,6+/m1/s1. The van der Waals surface area contributed by atoms with Crippen LogP contribution in [0.2, 0.25) is 0 Å². The van der Waals surface area contributed by atoms with Gasteiger partial charge in [0, 0.05) is 0 Å². The molecule has 0 aliphatic rings. The van der Waals surface area contributed by atoms with Crippen molar-refractivity contribution in [2.45, 2.75) is 24.4 Å².